The lowest BCUT2D eigenvalue weighted by Gasteiger charge is -2.00. The molecular formula is C13H13N3OS. The van der Waals surface area contributed by atoms with Crippen molar-refractivity contribution in [3.8, 4) is 0 Å². The lowest BCUT2D eigenvalue weighted by Crippen LogP contribution is -1.98. The molecule has 0 bridgehead atoms. The predicted octanol–water partition coefficient (Wildman–Crippen LogP) is 3.20. The van der Waals surface area contributed by atoms with E-state index >= 15 is 0 Å². The third-order valence-corrected chi connectivity index (χ3v) is 3.71. The summed E-state index contributed by atoms with van der Waals surface area (Å²) in [5, 5.41) is 5.12. The number of fused-ring (bicyclic) bond motifs is 1. The SMILES string of the molecule is Cc1cc(Cc2nc(C)c3cc(C)sc3n2)no1. The Hall–Kier alpha value is -1.75. The zero-order valence-corrected chi connectivity index (χ0v) is 11.3. The minimum atomic E-state index is 0.616. The van der Waals surface area contributed by atoms with Gasteiger partial charge in [-0.05, 0) is 26.8 Å². The molecule has 0 aromatic carbocycles. The molecule has 0 aliphatic rings. The van der Waals surface area contributed by atoms with Gasteiger partial charge in [-0.3, -0.25) is 0 Å². The van der Waals surface area contributed by atoms with Crippen molar-refractivity contribution in [3.05, 3.63) is 40.0 Å². The average Bonchev–Trinajstić information content (AvgIpc) is 2.85. The number of thiophene rings is 1. The number of aryl methyl sites for hydroxylation is 3. The van der Waals surface area contributed by atoms with E-state index in [4.69, 9.17) is 4.52 Å². The second-order valence-corrected chi connectivity index (χ2v) is 5.64. The molecule has 92 valence electrons. The first-order chi connectivity index (χ1) is 8.61. The fourth-order valence-electron chi connectivity index (χ4n) is 1.98. The van der Waals surface area contributed by atoms with Crippen molar-refractivity contribution in [2.45, 2.75) is 27.2 Å². The van der Waals surface area contributed by atoms with Crippen LogP contribution in [0.4, 0.5) is 0 Å². The van der Waals surface area contributed by atoms with Crippen LogP contribution in [0.3, 0.4) is 0 Å². The number of nitrogens with zero attached hydrogens (tertiary/aromatic N) is 3. The van der Waals surface area contributed by atoms with E-state index in [2.05, 4.69) is 28.1 Å². The molecular weight excluding hydrogens is 246 g/mol. The summed E-state index contributed by atoms with van der Waals surface area (Å²) in [6.45, 7) is 5.99. The van der Waals surface area contributed by atoms with E-state index < -0.39 is 0 Å². The maximum atomic E-state index is 5.06. The van der Waals surface area contributed by atoms with Gasteiger partial charge in [-0.25, -0.2) is 9.97 Å². The van der Waals surface area contributed by atoms with Gasteiger partial charge < -0.3 is 4.52 Å². The molecule has 18 heavy (non-hydrogen) atoms. The van der Waals surface area contributed by atoms with Gasteiger partial charge in [0.1, 0.15) is 16.4 Å². The quantitative estimate of drug-likeness (QED) is 0.709. The third-order valence-electron chi connectivity index (χ3n) is 2.77. The van der Waals surface area contributed by atoms with Crippen LogP contribution < -0.4 is 0 Å². The monoisotopic (exact) mass is 259 g/mol. The molecule has 0 unspecified atom stereocenters. The van der Waals surface area contributed by atoms with Crippen LogP contribution >= 0.6 is 11.3 Å². The molecule has 3 aromatic heterocycles. The molecule has 5 heteroatoms. The minimum absolute atomic E-state index is 0.616. The van der Waals surface area contributed by atoms with Gasteiger partial charge in [-0.2, -0.15) is 0 Å². The summed E-state index contributed by atoms with van der Waals surface area (Å²) in [7, 11) is 0. The Balaban J connectivity index is 2.02. The molecule has 0 saturated carbocycles. The molecule has 3 rings (SSSR count). The lowest BCUT2D eigenvalue weighted by molar-refractivity contribution is 0.391. The number of rotatable bonds is 2. The van der Waals surface area contributed by atoms with Crippen LogP contribution in [0, 0.1) is 20.8 Å². The normalized spacial score (nSPS) is 11.3. The standard InChI is InChI=1S/C13H13N3OS/c1-7-4-10(16-17-7)6-12-14-9(3)11-5-8(2)18-13(11)15-12/h4-5H,6H2,1-3H3. The fourth-order valence-corrected chi connectivity index (χ4v) is 2.93. The van der Waals surface area contributed by atoms with E-state index in [-0.39, 0.29) is 0 Å². The summed E-state index contributed by atoms with van der Waals surface area (Å²) in [5.41, 5.74) is 1.90. The molecule has 0 radical (unpaired) electrons. The highest BCUT2D eigenvalue weighted by molar-refractivity contribution is 7.18. The van der Waals surface area contributed by atoms with Gasteiger partial charge in [0.15, 0.2) is 0 Å². The molecule has 0 aliphatic carbocycles. The van der Waals surface area contributed by atoms with Crippen molar-refractivity contribution in [2.75, 3.05) is 0 Å². The van der Waals surface area contributed by atoms with Gasteiger partial charge in [-0.15, -0.1) is 11.3 Å². The number of hydrogen-bond donors (Lipinski definition) is 0. The third kappa shape index (κ3) is 2.01. The van der Waals surface area contributed by atoms with E-state index in [0.29, 0.717) is 6.42 Å². The Kier molecular flexibility index (Phi) is 2.63. The number of hydrogen-bond acceptors (Lipinski definition) is 5. The highest BCUT2D eigenvalue weighted by Crippen LogP contribution is 2.25. The average molecular weight is 259 g/mol. The molecule has 0 amide bonds. The first-order valence-corrected chi connectivity index (χ1v) is 6.59. The van der Waals surface area contributed by atoms with Gasteiger partial charge in [0.05, 0.1) is 12.1 Å². The second-order valence-electron chi connectivity index (χ2n) is 4.41. The van der Waals surface area contributed by atoms with Crippen LogP contribution in [0.25, 0.3) is 10.2 Å². The Morgan fingerprint density at radius 3 is 2.72 bits per heavy atom. The molecule has 0 spiro atoms. The molecule has 0 fully saturated rings. The summed E-state index contributed by atoms with van der Waals surface area (Å²) >= 11 is 1.70. The maximum absolute atomic E-state index is 5.06. The van der Waals surface area contributed by atoms with Crippen LogP contribution in [-0.4, -0.2) is 15.1 Å². The van der Waals surface area contributed by atoms with E-state index in [1.807, 2.05) is 19.9 Å². The highest BCUT2D eigenvalue weighted by atomic mass is 32.1. The summed E-state index contributed by atoms with van der Waals surface area (Å²) in [4.78, 5) is 11.4. The van der Waals surface area contributed by atoms with Gasteiger partial charge >= 0.3 is 0 Å². The lowest BCUT2D eigenvalue weighted by atomic mass is 10.2. The molecule has 0 aliphatic heterocycles. The van der Waals surface area contributed by atoms with Gasteiger partial charge in [0, 0.05) is 22.0 Å². The molecule has 0 N–H and O–H groups in total. The fraction of sp³-hybridized carbons (Fsp3) is 0.308. The maximum Gasteiger partial charge on any atom is 0.136 e. The van der Waals surface area contributed by atoms with Crippen LogP contribution in [0.1, 0.15) is 27.8 Å². The first-order valence-electron chi connectivity index (χ1n) is 5.77. The van der Waals surface area contributed by atoms with E-state index in [0.717, 1.165) is 33.2 Å². The van der Waals surface area contributed by atoms with Crippen LogP contribution in [-0.2, 0) is 6.42 Å². The molecule has 0 saturated heterocycles. The van der Waals surface area contributed by atoms with E-state index in [1.165, 1.54) is 4.88 Å². The van der Waals surface area contributed by atoms with Crippen molar-refractivity contribution >= 4 is 21.6 Å². The molecule has 4 nitrogen and oxygen atoms in total. The molecule has 3 heterocycles. The smallest absolute Gasteiger partial charge is 0.136 e. The van der Waals surface area contributed by atoms with Crippen LogP contribution in [0.2, 0.25) is 0 Å². The van der Waals surface area contributed by atoms with E-state index in [9.17, 15) is 0 Å². The predicted molar refractivity (Wildman–Crippen MR) is 70.9 cm³/mol. The largest absolute Gasteiger partial charge is 0.361 e. The molecule has 3 aromatic rings. The van der Waals surface area contributed by atoms with Crippen molar-refractivity contribution in [2.24, 2.45) is 0 Å². The van der Waals surface area contributed by atoms with E-state index in [1.54, 1.807) is 11.3 Å². The van der Waals surface area contributed by atoms with Gasteiger partial charge in [0.25, 0.3) is 0 Å². The van der Waals surface area contributed by atoms with Crippen LogP contribution in [0.5, 0.6) is 0 Å². The zero-order chi connectivity index (χ0) is 12.7. The minimum Gasteiger partial charge on any atom is -0.361 e. The Labute approximate surface area is 109 Å². The summed E-state index contributed by atoms with van der Waals surface area (Å²) in [5.74, 6) is 1.62. The summed E-state index contributed by atoms with van der Waals surface area (Å²) in [6, 6.07) is 4.06. The highest BCUT2D eigenvalue weighted by Gasteiger charge is 2.09. The van der Waals surface area contributed by atoms with Crippen LogP contribution in [0.15, 0.2) is 16.7 Å². The van der Waals surface area contributed by atoms with Gasteiger partial charge in [-0.1, -0.05) is 5.16 Å². The Morgan fingerprint density at radius 2 is 2.00 bits per heavy atom. The van der Waals surface area contributed by atoms with Crippen molar-refractivity contribution in [1.29, 1.82) is 0 Å². The molecule has 0 atom stereocenters. The van der Waals surface area contributed by atoms with Crippen molar-refractivity contribution in [1.82, 2.24) is 15.1 Å². The van der Waals surface area contributed by atoms with Gasteiger partial charge in [0.2, 0.25) is 0 Å². The second kappa shape index (κ2) is 4.17. The summed E-state index contributed by atoms with van der Waals surface area (Å²) < 4.78 is 5.06. The van der Waals surface area contributed by atoms with Crippen molar-refractivity contribution in [3.63, 3.8) is 0 Å². The Morgan fingerprint density at radius 1 is 1.17 bits per heavy atom. The topological polar surface area (TPSA) is 51.8 Å². The summed E-state index contributed by atoms with van der Waals surface area (Å²) in [6.07, 6.45) is 0.616. The first kappa shape index (κ1) is 11.3. The Bertz CT molecular complexity index is 714. The van der Waals surface area contributed by atoms with Crippen molar-refractivity contribution < 1.29 is 4.52 Å². The zero-order valence-electron chi connectivity index (χ0n) is 10.5. The number of aromatic nitrogens is 3.